The molecule has 18 heavy (non-hydrogen) atoms. The molecule has 100 valence electrons. The molecule has 8 heteroatoms. The number of aryl methyl sites for hydroxylation is 1. The lowest BCUT2D eigenvalue weighted by atomic mass is 10.1. The third-order valence-electron chi connectivity index (χ3n) is 2.97. The minimum Gasteiger partial charge on any atom is -0.394 e. The van der Waals surface area contributed by atoms with Gasteiger partial charge in [0.1, 0.15) is 24.1 Å². The van der Waals surface area contributed by atoms with Crippen molar-refractivity contribution in [3.05, 3.63) is 22.2 Å². The van der Waals surface area contributed by atoms with Crippen LogP contribution in [0.3, 0.4) is 0 Å². The van der Waals surface area contributed by atoms with Crippen LogP contribution < -0.4 is 11.4 Å². The summed E-state index contributed by atoms with van der Waals surface area (Å²) >= 11 is 0. The molecule has 0 saturated carbocycles. The summed E-state index contributed by atoms with van der Waals surface area (Å²) in [6.07, 6.45) is -3.20. The molecule has 0 radical (unpaired) electrons. The van der Waals surface area contributed by atoms with E-state index >= 15 is 0 Å². The van der Waals surface area contributed by atoms with Crippen molar-refractivity contribution in [3.63, 3.8) is 0 Å². The Kier molecular flexibility index (Phi) is 3.35. The monoisotopic (exact) mass is 257 g/mol. The molecule has 1 aromatic rings. The van der Waals surface area contributed by atoms with Crippen molar-refractivity contribution in [1.82, 2.24) is 9.55 Å². The highest BCUT2D eigenvalue weighted by Crippen LogP contribution is 2.28. The first-order valence-electron chi connectivity index (χ1n) is 5.43. The molecule has 0 amide bonds. The van der Waals surface area contributed by atoms with Gasteiger partial charge in [0.05, 0.1) is 6.61 Å². The van der Waals surface area contributed by atoms with Crippen LogP contribution in [0.4, 0.5) is 5.82 Å². The van der Waals surface area contributed by atoms with E-state index in [4.69, 9.17) is 15.6 Å². The molecule has 0 spiro atoms. The summed E-state index contributed by atoms with van der Waals surface area (Å²) in [6.45, 7) is 1.20. The second-order valence-electron chi connectivity index (χ2n) is 4.23. The average molecular weight is 257 g/mol. The Morgan fingerprint density at radius 3 is 2.72 bits per heavy atom. The third-order valence-corrected chi connectivity index (χ3v) is 2.97. The number of rotatable bonds is 2. The van der Waals surface area contributed by atoms with Crippen molar-refractivity contribution >= 4 is 5.82 Å². The third kappa shape index (κ3) is 1.99. The highest BCUT2D eigenvalue weighted by molar-refractivity contribution is 5.35. The first-order chi connectivity index (χ1) is 8.45. The zero-order chi connectivity index (χ0) is 13.4. The molecular formula is C10H15N3O5. The molecule has 1 aliphatic heterocycles. The number of anilines is 1. The predicted molar refractivity (Wildman–Crippen MR) is 60.7 cm³/mol. The number of aliphatic hydroxyl groups excluding tert-OH is 3. The lowest BCUT2D eigenvalue weighted by Crippen LogP contribution is -2.36. The van der Waals surface area contributed by atoms with E-state index in [1.54, 1.807) is 6.92 Å². The van der Waals surface area contributed by atoms with Crippen LogP contribution >= 0.6 is 0 Å². The largest absolute Gasteiger partial charge is 0.394 e. The molecule has 1 saturated heterocycles. The van der Waals surface area contributed by atoms with E-state index in [2.05, 4.69) is 4.98 Å². The molecule has 0 bridgehead atoms. The minimum absolute atomic E-state index is 0.1000. The maximum Gasteiger partial charge on any atom is 0.351 e. The predicted octanol–water partition coefficient (Wildman–Crippen LogP) is -2.25. The fraction of sp³-hybridized carbons (Fsp3) is 0.600. The summed E-state index contributed by atoms with van der Waals surface area (Å²) in [5.41, 5.74) is 5.35. The van der Waals surface area contributed by atoms with E-state index in [0.717, 1.165) is 4.57 Å². The van der Waals surface area contributed by atoms with Gasteiger partial charge in [0.2, 0.25) is 0 Å². The van der Waals surface area contributed by atoms with E-state index in [1.807, 2.05) is 0 Å². The van der Waals surface area contributed by atoms with Gasteiger partial charge in [-0.2, -0.15) is 4.98 Å². The van der Waals surface area contributed by atoms with Gasteiger partial charge >= 0.3 is 5.69 Å². The number of nitrogen functional groups attached to an aromatic ring is 1. The summed E-state index contributed by atoms with van der Waals surface area (Å²) in [4.78, 5) is 15.2. The molecule has 4 unspecified atom stereocenters. The molecule has 5 N–H and O–H groups in total. The van der Waals surface area contributed by atoms with Crippen LogP contribution in [-0.2, 0) is 4.74 Å². The van der Waals surface area contributed by atoms with Crippen molar-refractivity contribution in [2.24, 2.45) is 0 Å². The molecule has 4 atom stereocenters. The van der Waals surface area contributed by atoms with Gasteiger partial charge in [-0.3, -0.25) is 4.57 Å². The molecular weight excluding hydrogens is 242 g/mol. The van der Waals surface area contributed by atoms with E-state index < -0.39 is 36.8 Å². The summed E-state index contributed by atoms with van der Waals surface area (Å²) in [5, 5.41) is 28.4. The Bertz CT molecular complexity index is 503. The van der Waals surface area contributed by atoms with Crippen LogP contribution in [0, 0.1) is 6.92 Å². The van der Waals surface area contributed by atoms with Gasteiger partial charge < -0.3 is 25.8 Å². The Balaban J connectivity index is 2.39. The van der Waals surface area contributed by atoms with Crippen molar-refractivity contribution < 1.29 is 20.1 Å². The zero-order valence-corrected chi connectivity index (χ0v) is 9.72. The molecule has 2 rings (SSSR count). The normalized spacial score (nSPS) is 31.8. The summed E-state index contributed by atoms with van der Waals surface area (Å²) in [7, 11) is 0. The van der Waals surface area contributed by atoms with Gasteiger partial charge in [-0.25, -0.2) is 4.79 Å². The summed E-state index contributed by atoms with van der Waals surface area (Å²) in [6, 6.07) is 0. The van der Waals surface area contributed by atoms with Crippen LogP contribution in [0.1, 0.15) is 11.8 Å². The number of hydrogen-bond donors (Lipinski definition) is 4. The molecule has 2 heterocycles. The standard InChI is InChI=1S/C10H15N3O5/c1-4-2-13(10(17)12-8(4)11)9-7(16)6(15)5(3-14)18-9/h2,5-7,9,14-16H,3H2,1H3,(H2,11,12,17). The SMILES string of the molecule is Cc1cn(C2OC(CO)C(O)C2O)c(=O)nc1N. The number of hydrogen-bond acceptors (Lipinski definition) is 7. The highest BCUT2D eigenvalue weighted by Gasteiger charge is 2.43. The van der Waals surface area contributed by atoms with Crippen LogP contribution in [0.5, 0.6) is 0 Å². The Hall–Kier alpha value is -1.48. The highest BCUT2D eigenvalue weighted by atomic mass is 16.6. The smallest absolute Gasteiger partial charge is 0.351 e. The molecule has 8 nitrogen and oxygen atoms in total. The molecule has 1 aromatic heterocycles. The van der Waals surface area contributed by atoms with Gasteiger partial charge in [0.25, 0.3) is 0 Å². The van der Waals surface area contributed by atoms with E-state index in [1.165, 1.54) is 6.20 Å². The van der Waals surface area contributed by atoms with Gasteiger partial charge in [0.15, 0.2) is 6.23 Å². The quantitative estimate of drug-likeness (QED) is 0.470. The lowest BCUT2D eigenvalue weighted by Gasteiger charge is -2.17. The van der Waals surface area contributed by atoms with Gasteiger partial charge in [-0.15, -0.1) is 0 Å². The first kappa shape index (κ1) is 13.0. The summed E-state index contributed by atoms with van der Waals surface area (Å²) < 4.78 is 6.28. The average Bonchev–Trinajstić information content (AvgIpc) is 2.61. The fourth-order valence-corrected chi connectivity index (χ4v) is 1.87. The van der Waals surface area contributed by atoms with Crippen molar-refractivity contribution in [2.45, 2.75) is 31.5 Å². The topological polar surface area (TPSA) is 131 Å². The van der Waals surface area contributed by atoms with E-state index in [9.17, 15) is 15.0 Å². The number of ether oxygens (including phenoxy) is 1. The first-order valence-corrected chi connectivity index (χ1v) is 5.43. The lowest BCUT2D eigenvalue weighted by molar-refractivity contribution is -0.0550. The maximum absolute atomic E-state index is 11.7. The van der Waals surface area contributed by atoms with Crippen LogP contribution in [0.25, 0.3) is 0 Å². The van der Waals surface area contributed by atoms with E-state index in [-0.39, 0.29) is 5.82 Å². The fourth-order valence-electron chi connectivity index (χ4n) is 1.87. The number of aliphatic hydroxyl groups is 3. The zero-order valence-electron chi connectivity index (χ0n) is 9.72. The number of nitrogens with zero attached hydrogens (tertiary/aromatic N) is 2. The molecule has 0 aromatic carbocycles. The number of aromatic nitrogens is 2. The maximum atomic E-state index is 11.7. The van der Waals surface area contributed by atoms with Crippen LogP contribution in [0.2, 0.25) is 0 Å². The number of nitrogens with two attached hydrogens (primary N) is 1. The van der Waals surface area contributed by atoms with E-state index in [0.29, 0.717) is 5.56 Å². The van der Waals surface area contributed by atoms with Crippen LogP contribution in [0.15, 0.2) is 11.0 Å². The Labute approximate surface area is 102 Å². The second-order valence-corrected chi connectivity index (χ2v) is 4.23. The minimum atomic E-state index is -1.32. The van der Waals surface area contributed by atoms with Crippen molar-refractivity contribution in [3.8, 4) is 0 Å². The van der Waals surface area contributed by atoms with Gasteiger partial charge in [0, 0.05) is 11.8 Å². The molecule has 1 fully saturated rings. The second kappa shape index (κ2) is 4.65. The molecule has 1 aliphatic rings. The van der Waals surface area contributed by atoms with Crippen molar-refractivity contribution in [2.75, 3.05) is 12.3 Å². The molecule has 0 aliphatic carbocycles. The van der Waals surface area contributed by atoms with Gasteiger partial charge in [-0.1, -0.05) is 0 Å². The Morgan fingerprint density at radius 2 is 2.17 bits per heavy atom. The summed E-state index contributed by atoms with van der Waals surface area (Å²) in [5.74, 6) is 0.1000. The Morgan fingerprint density at radius 1 is 1.50 bits per heavy atom. The van der Waals surface area contributed by atoms with Crippen LogP contribution in [-0.4, -0.2) is 49.8 Å². The van der Waals surface area contributed by atoms with Gasteiger partial charge in [-0.05, 0) is 6.92 Å². The van der Waals surface area contributed by atoms with Crippen molar-refractivity contribution in [1.29, 1.82) is 0 Å².